The lowest BCUT2D eigenvalue weighted by Gasteiger charge is -2.35. The second-order valence-electron chi connectivity index (χ2n) is 11.6. The van der Waals surface area contributed by atoms with Crippen molar-refractivity contribution in [2.24, 2.45) is 0 Å². The molecule has 1 aliphatic heterocycles. The molecule has 0 aliphatic carbocycles. The van der Waals surface area contributed by atoms with E-state index in [2.05, 4.69) is 59.3 Å². The van der Waals surface area contributed by atoms with Crippen molar-refractivity contribution in [1.29, 1.82) is 0 Å². The summed E-state index contributed by atoms with van der Waals surface area (Å²) in [4.78, 5) is 22.7. The van der Waals surface area contributed by atoms with Gasteiger partial charge in [-0.3, -0.25) is 4.90 Å². The van der Waals surface area contributed by atoms with E-state index in [4.69, 9.17) is 27.6 Å². The Bertz CT molecular complexity index is 1670. The number of hydrogen-bond acceptors (Lipinski definition) is 6. The third-order valence-corrected chi connectivity index (χ3v) is 12.4. The van der Waals surface area contributed by atoms with E-state index in [0.29, 0.717) is 5.75 Å². The van der Waals surface area contributed by atoms with Crippen LogP contribution in [0.2, 0.25) is 28.3 Å². The summed E-state index contributed by atoms with van der Waals surface area (Å²) in [5.74, 6) is 0.863. The molecule has 5 heterocycles. The van der Waals surface area contributed by atoms with Crippen molar-refractivity contribution < 1.29 is 22.4 Å². The van der Waals surface area contributed by atoms with Crippen LogP contribution in [0.25, 0.3) is 11.5 Å². The maximum absolute atomic E-state index is 14.3. The summed E-state index contributed by atoms with van der Waals surface area (Å²) in [6.07, 6.45) is 1.08. The fourth-order valence-corrected chi connectivity index (χ4v) is 5.70. The maximum Gasteiger partial charge on any atom is 0.401 e. The van der Waals surface area contributed by atoms with E-state index in [9.17, 15) is 18.0 Å². The van der Waals surface area contributed by atoms with E-state index in [1.54, 1.807) is 12.4 Å². The van der Waals surface area contributed by atoms with Crippen molar-refractivity contribution in [3.05, 3.63) is 52.8 Å². The highest BCUT2D eigenvalue weighted by molar-refractivity contribution is 6.74. The van der Waals surface area contributed by atoms with E-state index in [0.717, 1.165) is 16.3 Å². The van der Waals surface area contributed by atoms with Gasteiger partial charge in [0.15, 0.2) is 16.6 Å². The first-order chi connectivity index (χ1) is 18.9. The van der Waals surface area contributed by atoms with E-state index in [1.807, 2.05) is 0 Å². The molecule has 1 N–H and O–H groups in total. The average molecular weight is 628 g/mol. The molecule has 0 radical (unpaired) electrons. The van der Waals surface area contributed by atoms with Crippen LogP contribution in [0, 0.1) is 0 Å². The van der Waals surface area contributed by atoms with Crippen molar-refractivity contribution in [1.82, 2.24) is 29.4 Å². The molecule has 0 aromatic carbocycles. The minimum atomic E-state index is -4.70. The Labute approximate surface area is 244 Å². The number of aromatic nitrogens is 6. The summed E-state index contributed by atoms with van der Waals surface area (Å²) >= 11 is 12.4. The molecule has 0 spiro atoms. The first-order valence-corrected chi connectivity index (χ1v) is 16.2. The number of amides is 2. The molecule has 16 heteroatoms. The number of fused-ring (bicyclic) bond motifs is 3. The smallest absolute Gasteiger partial charge is 0.401 e. The zero-order valence-corrected chi connectivity index (χ0v) is 25.5. The number of halogens is 5. The normalized spacial score (nSPS) is 17.7. The lowest BCUT2D eigenvalue weighted by atomic mass is 9.88. The Balaban J connectivity index is 1.40. The van der Waals surface area contributed by atoms with Crippen molar-refractivity contribution in [3.63, 3.8) is 0 Å². The highest BCUT2D eigenvalue weighted by Gasteiger charge is 2.60. The summed E-state index contributed by atoms with van der Waals surface area (Å²) in [5.41, 5.74) is -2.41. The minimum absolute atomic E-state index is 0.00819. The van der Waals surface area contributed by atoms with Gasteiger partial charge in [0.1, 0.15) is 11.2 Å². The number of nitrogens with one attached hydrogen (secondary N) is 1. The van der Waals surface area contributed by atoms with Crippen LogP contribution in [0.5, 0.6) is 5.75 Å². The number of pyridine rings is 1. The van der Waals surface area contributed by atoms with Gasteiger partial charge < -0.3 is 9.74 Å². The molecule has 5 rings (SSSR count). The van der Waals surface area contributed by atoms with E-state index < -0.39 is 32.5 Å². The molecular formula is C25H27Cl2F3N8O2Si. The van der Waals surface area contributed by atoms with E-state index in [1.165, 1.54) is 29.2 Å². The number of alkyl halides is 3. The molecule has 0 bridgehead atoms. The van der Waals surface area contributed by atoms with Gasteiger partial charge in [0.2, 0.25) is 0 Å². The van der Waals surface area contributed by atoms with Crippen molar-refractivity contribution >= 4 is 54.6 Å². The van der Waals surface area contributed by atoms with Crippen LogP contribution in [0.1, 0.15) is 33.4 Å². The van der Waals surface area contributed by atoms with Gasteiger partial charge in [-0.25, -0.2) is 24.0 Å². The minimum Gasteiger partial charge on any atom is -0.541 e. The second-order valence-corrected chi connectivity index (χ2v) is 17.1. The van der Waals surface area contributed by atoms with Crippen LogP contribution < -0.4 is 14.6 Å². The van der Waals surface area contributed by atoms with Gasteiger partial charge in [0.05, 0.1) is 46.9 Å². The summed E-state index contributed by atoms with van der Waals surface area (Å²) in [7, 11) is -2.09. The predicted molar refractivity (Wildman–Crippen MR) is 152 cm³/mol. The van der Waals surface area contributed by atoms with Crippen molar-refractivity contribution in [2.45, 2.75) is 57.4 Å². The number of hydrogen-bond donors (Lipinski definition) is 1. The SMILES string of the molecule is CC1(C(F)(F)F)CN(C(=O)Nc2cnc(-n3cc(O[Si](C)(C)C(C)(C)C)cn3)c(Cl)c2)c2cnc3cc(Cl)nn3c21. The standard InChI is InChI=1S/C25H27Cl2F3N8O2Si/c1-23(2,3)41(5,6)40-15-10-33-37(12-15)21-16(26)7-14(9-32-21)34-22(39)36-13-24(4,25(28,29)30)20-17(36)11-31-19-8-18(27)35-38(19)20/h7-12H,13H2,1-6H3,(H,34,39). The van der Waals surface area contributed by atoms with Gasteiger partial charge in [0, 0.05) is 12.6 Å². The fourth-order valence-electron chi connectivity index (χ4n) is 4.27. The van der Waals surface area contributed by atoms with Gasteiger partial charge in [-0.2, -0.15) is 23.4 Å². The van der Waals surface area contributed by atoms with E-state index >= 15 is 0 Å². The highest BCUT2D eigenvalue weighted by atomic mass is 35.5. The molecule has 1 aliphatic rings. The summed E-state index contributed by atoms with van der Waals surface area (Å²) < 4.78 is 51.7. The molecule has 0 saturated heterocycles. The summed E-state index contributed by atoms with van der Waals surface area (Å²) in [5, 5.41) is 11.0. The molecule has 218 valence electrons. The third-order valence-electron chi connectivity index (χ3n) is 7.62. The number of nitrogens with zero attached hydrogens (tertiary/aromatic N) is 7. The topological polar surface area (TPSA) is 102 Å². The average Bonchev–Trinajstić information content (AvgIpc) is 3.53. The first-order valence-electron chi connectivity index (χ1n) is 12.5. The van der Waals surface area contributed by atoms with Crippen LogP contribution in [0.15, 0.2) is 36.9 Å². The first kappa shape index (κ1) is 29.1. The third kappa shape index (κ3) is 5.01. The van der Waals surface area contributed by atoms with E-state index in [-0.39, 0.29) is 43.7 Å². The van der Waals surface area contributed by atoms with Crippen LogP contribution in [0.3, 0.4) is 0 Å². The maximum atomic E-state index is 14.3. The summed E-state index contributed by atoms with van der Waals surface area (Å²) in [6.45, 7) is 10.9. The number of rotatable bonds is 4. The van der Waals surface area contributed by atoms with Crippen molar-refractivity contribution in [3.8, 4) is 11.6 Å². The second kappa shape index (κ2) is 9.59. The molecule has 4 aromatic rings. The molecule has 2 amide bonds. The van der Waals surface area contributed by atoms with Gasteiger partial charge in [-0.05, 0) is 31.1 Å². The lowest BCUT2D eigenvalue weighted by Crippen LogP contribution is -2.46. The highest BCUT2D eigenvalue weighted by Crippen LogP contribution is 2.50. The molecular weight excluding hydrogens is 600 g/mol. The van der Waals surface area contributed by atoms with Gasteiger partial charge in [-0.15, -0.1) is 0 Å². The fraction of sp³-hybridized carbons (Fsp3) is 0.400. The quantitative estimate of drug-likeness (QED) is 0.248. The Morgan fingerprint density at radius 1 is 1.12 bits per heavy atom. The monoisotopic (exact) mass is 626 g/mol. The number of urea groups is 1. The van der Waals surface area contributed by atoms with Crippen LogP contribution in [-0.2, 0) is 5.41 Å². The molecule has 4 aromatic heterocycles. The largest absolute Gasteiger partial charge is 0.541 e. The van der Waals surface area contributed by atoms with Crippen molar-refractivity contribution in [2.75, 3.05) is 16.8 Å². The van der Waals surface area contributed by atoms with Gasteiger partial charge in [0.25, 0.3) is 8.32 Å². The Kier molecular flexibility index (Phi) is 6.82. The molecule has 0 fully saturated rings. The zero-order chi connectivity index (χ0) is 30.1. The van der Waals surface area contributed by atoms with Crippen LogP contribution >= 0.6 is 23.2 Å². The number of carbonyl (C=O) groups is 1. The Morgan fingerprint density at radius 2 is 1.83 bits per heavy atom. The van der Waals surface area contributed by atoms with Gasteiger partial charge in [-0.1, -0.05) is 44.0 Å². The molecule has 1 unspecified atom stereocenters. The summed E-state index contributed by atoms with van der Waals surface area (Å²) in [6, 6.07) is 1.96. The molecule has 0 saturated carbocycles. The van der Waals surface area contributed by atoms with Crippen LogP contribution in [-0.4, -0.2) is 56.4 Å². The van der Waals surface area contributed by atoms with Crippen LogP contribution in [0.4, 0.5) is 29.3 Å². The lowest BCUT2D eigenvalue weighted by molar-refractivity contribution is -0.181. The predicted octanol–water partition coefficient (Wildman–Crippen LogP) is 6.87. The molecule has 10 nitrogen and oxygen atoms in total. The molecule has 41 heavy (non-hydrogen) atoms. The zero-order valence-electron chi connectivity index (χ0n) is 23.0. The molecule has 1 atom stereocenters. The Morgan fingerprint density at radius 3 is 2.46 bits per heavy atom. The Hall–Kier alpha value is -3.36. The number of anilines is 2. The van der Waals surface area contributed by atoms with Gasteiger partial charge >= 0.3 is 12.2 Å². The number of carbonyl (C=O) groups excluding carboxylic acids is 1.